The Labute approximate surface area is 182 Å². The first-order valence-electron chi connectivity index (χ1n) is 8.70. The lowest BCUT2D eigenvalue weighted by atomic mass is 10.3. The van der Waals surface area contributed by atoms with Gasteiger partial charge in [-0.15, -0.1) is 35.3 Å². The van der Waals surface area contributed by atoms with E-state index in [1.165, 1.54) is 4.88 Å². The monoisotopic (exact) mass is 504 g/mol. The highest BCUT2D eigenvalue weighted by molar-refractivity contribution is 14.0. The SMILES string of the molecule is CN=C(NCCc1sc(C)nc1C)NCC(C)Oc1cccc(OC)c1.I. The summed E-state index contributed by atoms with van der Waals surface area (Å²) in [6.07, 6.45) is 0.931. The van der Waals surface area contributed by atoms with Gasteiger partial charge in [0.1, 0.15) is 17.6 Å². The normalized spacial score (nSPS) is 12.1. The third-order valence-corrected chi connectivity index (χ3v) is 4.94. The van der Waals surface area contributed by atoms with Crippen LogP contribution < -0.4 is 20.1 Å². The van der Waals surface area contributed by atoms with Gasteiger partial charge in [-0.1, -0.05) is 6.07 Å². The fourth-order valence-electron chi connectivity index (χ4n) is 2.51. The van der Waals surface area contributed by atoms with Crippen LogP contribution in [0.1, 0.15) is 22.5 Å². The summed E-state index contributed by atoms with van der Waals surface area (Å²) in [6.45, 7) is 7.58. The molecule has 2 rings (SSSR count). The minimum absolute atomic E-state index is 0. The topological polar surface area (TPSA) is 67.8 Å². The summed E-state index contributed by atoms with van der Waals surface area (Å²) in [4.78, 5) is 10.0. The van der Waals surface area contributed by atoms with E-state index < -0.39 is 0 Å². The average molecular weight is 504 g/mol. The van der Waals surface area contributed by atoms with Crippen molar-refractivity contribution in [3.05, 3.63) is 39.8 Å². The van der Waals surface area contributed by atoms with Gasteiger partial charge >= 0.3 is 0 Å². The van der Waals surface area contributed by atoms with Crippen molar-refractivity contribution in [3.63, 3.8) is 0 Å². The number of aromatic nitrogens is 1. The zero-order valence-electron chi connectivity index (χ0n) is 16.5. The quantitative estimate of drug-likeness (QED) is 0.327. The molecule has 1 unspecified atom stereocenters. The standard InChI is InChI=1S/C19H28N4O2S.HI/c1-13(25-17-8-6-7-16(11-17)24-5)12-22-19(20-4)21-10-9-18-14(2)23-15(3)26-18;/h6-8,11,13H,9-10,12H2,1-5H3,(H2,20,21,22);1H. The van der Waals surface area contributed by atoms with E-state index in [1.54, 1.807) is 25.5 Å². The van der Waals surface area contributed by atoms with Crippen LogP contribution in [0.2, 0.25) is 0 Å². The van der Waals surface area contributed by atoms with Gasteiger partial charge < -0.3 is 20.1 Å². The molecular formula is C19H29IN4O2S. The van der Waals surface area contributed by atoms with Crippen molar-refractivity contribution in [2.24, 2.45) is 4.99 Å². The van der Waals surface area contributed by atoms with Crippen LogP contribution in [0.15, 0.2) is 29.3 Å². The number of rotatable bonds is 8. The first-order valence-corrected chi connectivity index (χ1v) is 9.51. The second-order valence-corrected chi connectivity index (χ2v) is 7.27. The smallest absolute Gasteiger partial charge is 0.191 e. The van der Waals surface area contributed by atoms with E-state index in [1.807, 2.05) is 38.1 Å². The van der Waals surface area contributed by atoms with E-state index >= 15 is 0 Å². The van der Waals surface area contributed by atoms with Crippen molar-refractivity contribution in [2.75, 3.05) is 27.2 Å². The molecule has 0 aliphatic carbocycles. The van der Waals surface area contributed by atoms with Gasteiger partial charge in [0.2, 0.25) is 0 Å². The molecule has 1 aromatic carbocycles. The molecule has 8 heteroatoms. The number of halogens is 1. The molecule has 150 valence electrons. The van der Waals surface area contributed by atoms with Gasteiger partial charge in [0.05, 0.1) is 24.4 Å². The number of aliphatic imine (C=N–C) groups is 1. The summed E-state index contributed by atoms with van der Waals surface area (Å²) in [7, 11) is 3.42. The molecule has 0 spiro atoms. The van der Waals surface area contributed by atoms with Crippen molar-refractivity contribution < 1.29 is 9.47 Å². The summed E-state index contributed by atoms with van der Waals surface area (Å²) < 4.78 is 11.1. The summed E-state index contributed by atoms with van der Waals surface area (Å²) in [5.41, 5.74) is 1.12. The molecule has 0 bridgehead atoms. The van der Waals surface area contributed by atoms with Crippen molar-refractivity contribution in [3.8, 4) is 11.5 Å². The molecule has 1 atom stereocenters. The maximum Gasteiger partial charge on any atom is 0.191 e. The number of ether oxygens (including phenoxy) is 2. The molecule has 0 aliphatic heterocycles. The summed E-state index contributed by atoms with van der Waals surface area (Å²) in [5.74, 6) is 2.34. The van der Waals surface area contributed by atoms with Gasteiger partial charge in [-0.2, -0.15) is 0 Å². The molecule has 0 saturated carbocycles. The van der Waals surface area contributed by atoms with Gasteiger partial charge in [-0.25, -0.2) is 4.98 Å². The van der Waals surface area contributed by atoms with E-state index in [-0.39, 0.29) is 30.1 Å². The first-order chi connectivity index (χ1) is 12.5. The number of benzene rings is 1. The lowest BCUT2D eigenvalue weighted by Gasteiger charge is -2.18. The summed E-state index contributed by atoms with van der Waals surface area (Å²) >= 11 is 1.75. The van der Waals surface area contributed by atoms with Crippen LogP contribution in [0.5, 0.6) is 11.5 Å². The predicted octanol–water partition coefficient (Wildman–Crippen LogP) is 3.56. The van der Waals surface area contributed by atoms with Gasteiger partial charge in [-0.05, 0) is 32.9 Å². The molecule has 1 heterocycles. The highest BCUT2D eigenvalue weighted by Gasteiger charge is 2.08. The Bertz CT molecular complexity index is 736. The highest BCUT2D eigenvalue weighted by Crippen LogP contribution is 2.20. The van der Waals surface area contributed by atoms with E-state index in [0.29, 0.717) is 6.54 Å². The minimum Gasteiger partial charge on any atom is -0.497 e. The zero-order chi connectivity index (χ0) is 18.9. The number of hydrogen-bond donors (Lipinski definition) is 2. The van der Waals surface area contributed by atoms with Crippen LogP contribution in [0.4, 0.5) is 0 Å². The summed E-state index contributed by atoms with van der Waals surface area (Å²) in [6, 6.07) is 7.61. The maximum atomic E-state index is 5.91. The second kappa shape index (κ2) is 12.0. The molecule has 0 fully saturated rings. The Morgan fingerprint density at radius 2 is 2.00 bits per heavy atom. The van der Waals surface area contributed by atoms with E-state index in [9.17, 15) is 0 Å². The average Bonchev–Trinajstić information content (AvgIpc) is 2.95. The Morgan fingerprint density at radius 3 is 2.63 bits per heavy atom. The largest absolute Gasteiger partial charge is 0.497 e. The Hall–Kier alpha value is -1.55. The van der Waals surface area contributed by atoms with Crippen LogP contribution >= 0.6 is 35.3 Å². The molecule has 0 radical (unpaired) electrons. The van der Waals surface area contributed by atoms with E-state index in [2.05, 4.69) is 27.5 Å². The lowest BCUT2D eigenvalue weighted by molar-refractivity contribution is 0.223. The number of nitrogens with zero attached hydrogens (tertiary/aromatic N) is 2. The number of aryl methyl sites for hydroxylation is 2. The number of thiazole rings is 1. The fourth-order valence-corrected chi connectivity index (χ4v) is 3.45. The molecule has 1 aromatic heterocycles. The van der Waals surface area contributed by atoms with Crippen molar-refractivity contribution in [1.82, 2.24) is 15.6 Å². The lowest BCUT2D eigenvalue weighted by Crippen LogP contribution is -2.42. The zero-order valence-corrected chi connectivity index (χ0v) is 19.7. The second-order valence-electron chi connectivity index (χ2n) is 5.98. The number of hydrogen-bond acceptors (Lipinski definition) is 5. The Balaban J connectivity index is 0.00000364. The third-order valence-electron chi connectivity index (χ3n) is 3.80. The van der Waals surface area contributed by atoms with Gasteiger partial charge in [0, 0.05) is 31.0 Å². The molecule has 6 nitrogen and oxygen atoms in total. The Kier molecular flexibility index (Phi) is 10.5. The molecule has 0 aliphatic rings. The van der Waals surface area contributed by atoms with Crippen LogP contribution in [0, 0.1) is 13.8 Å². The Morgan fingerprint density at radius 1 is 1.26 bits per heavy atom. The molecule has 0 saturated heterocycles. The fraction of sp³-hybridized carbons (Fsp3) is 0.474. The number of methoxy groups -OCH3 is 1. The van der Waals surface area contributed by atoms with Gasteiger partial charge in [-0.3, -0.25) is 4.99 Å². The molecule has 2 aromatic rings. The van der Waals surface area contributed by atoms with Gasteiger partial charge in [0.15, 0.2) is 5.96 Å². The maximum absolute atomic E-state index is 5.91. The number of nitrogens with one attached hydrogen (secondary N) is 2. The van der Waals surface area contributed by atoms with Crippen LogP contribution in [-0.4, -0.2) is 44.3 Å². The van der Waals surface area contributed by atoms with Crippen molar-refractivity contribution >= 4 is 41.3 Å². The number of guanidine groups is 1. The van der Waals surface area contributed by atoms with Crippen LogP contribution in [0.3, 0.4) is 0 Å². The first kappa shape index (κ1) is 23.5. The van der Waals surface area contributed by atoms with Crippen molar-refractivity contribution in [1.29, 1.82) is 0 Å². The van der Waals surface area contributed by atoms with Gasteiger partial charge in [0.25, 0.3) is 0 Å². The molecule has 0 amide bonds. The van der Waals surface area contributed by atoms with E-state index in [4.69, 9.17) is 9.47 Å². The highest BCUT2D eigenvalue weighted by atomic mass is 127. The van der Waals surface area contributed by atoms with Crippen molar-refractivity contribution in [2.45, 2.75) is 33.3 Å². The molecule has 2 N–H and O–H groups in total. The minimum atomic E-state index is -0.00736. The predicted molar refractivity (Wildman–Crippen MR) is 123 cm³/mol. The molecular weight excluding hydrogens is 475 g/mol. The third kappa shape index (κ3) is 7.92. The van der Waals surface area contributed by atoms with Crippen LogP contribution in [0.25, 0.3) is 0 Å². The van der Waals surface area contributed by atoms with E-state index in [0.717, 1.165) is 41.1 Å². The summed E-state index contributed by atoms with van der Waals surface area (Å²) in [5, 5.41) is 7.74. The van der Waals surface area contributed by atoms with Crippen LogP contribution in [-0.2, 0) is 6.42 Å². The molecule has 27 heavy (non-hydrogen) atoms.